The van der Waals surface area contributed by atoms with Gasteiger partial charge in [-0.1, -0.05) is 39.8 Å². The van der Waals surface area contributed by atoms with Gasteiger partial charge >= 0.3 is 11.9 Å². The van der Waals surface area contributed by atoms with Crippen molar-refractivity contribution in [2.24, 2.45) is 22.7 Å². The Hall–Kier alpha value is -2.50. The lowest BCUT2D eigenvalue weighted by Crippen LogP contribution is -2.40. The monoisotopic (exact) mass is 403 g/mol. The minimum atomic E-state index is -0.776. The molecule has 5 nitrogen and oxygen atoms in total. The van der Waals surface area contributed by atoms with E-state index in [0.717, 1.165) is 0 Å². The van der Waals surface area contributed by atoms with Crippen LogP contribution in [0.5, 0.6) is 0 Å². The van der Waals surface area contributed by atoms with Gasteiger partial charge in [0, 0.05) is 11.6 Å². The fraction of sp³-hybridized carbons (Fsp3) is 0.522. The number of benzene rings is 1. The molecule has 1 aliphatic heterocycles. The average molecular weight is 403 g/mol. The van der Waals surface area contributed by atoms with E-state index in [0.29, 0.717) is 22.5 Å². The summed E-state index contributed by atoms with van der Waals surface area (Å²) in [6.45, 7) is 11.7. The van der Waals surface area contributed by atoms with Crippen LogP contribution in [-0.2, 0) is 19.1 Å². The van der Waals surface area contributed by atoms with E-state index in [4.69, 9.17) is 14.5 Å². The topological polar surface area (TPSA) is 65.0 Å². The first kappa shape index (κ1) is 22.8. The molecule has 2 atom stereocenters. The summed E-state index contributed by atoms with van der Waals surface area (Å²) in [5, 5.41) is 0. The van der Waals surface area contributed by atoms with Crippen LogP contribution in [0.3, 0.4) is 0 Å². The normalized spacial score (nSPS) is 19.4. The lowest BCUT2D eigenvalue weighted by atomic mass is 9.72. The molecule has 1 aromatic rings. The van der Waals surface area contributed by atoms with Crippen molar-refractivity contribution in [3.63, 3.8) is 0 Å². The molecular weight excluding hydrogens is 373 g/mol. The molecule has 0 bridgehead atoms. The summed E-state index contributed by atoms with van der Waals surface area (Å²) >= 11 is 0. The quantitative estimate of drug-likeness (QED) is 0.621. The van der Waals surface area contributed by atoms with Crippen molar-refractivity contribution in [3.05, 3.63) is 46.9 Å². The van der Waals surface area contributed by atoms with Gasteiger partial charge in [0.1, 0.15) is 11.7 Å². The fourth-order valence-electron chi connectivity index (χ4n) is 3.65. The Morgan fingerprint density at radius 3 is 2.07 bits per heavy atom. The minimum absolute atomic E-state index is 0.0372. The number of aliphatic imine (C=N–C) groups is 1. The number of halogens is 1. The highest BCUT2D eigenvalue weighted by molar-refractivity contribution is 6.08. The van der Waals surface area contributed by atoms with Gasteiger partial charge in [0.05, 0.1) is 24.5 Å². The summed E-state index contributed by atoms with van der Waals surface area (Å²) in [6, 6.07) is 5.87. The van der Waals surface area contributed by atoms with Crippen molar-refractivity contribution in [2.45, 2.75) is 47.5 Å². The van der Waals surface area contributed by atoms with Gasteiger partial charge in [-0.3, -0.25) is 9.79 Å². The summed E-state index contributed by atoms with van der Waals surface area (Å²) in [6.07, 6.45) is 0. The maximum absolute atomic E-state index is 13.6. The second-order valence-corrected chi connectivity index (χ2v) is 7.62. The lowest BCUT2D eigenvalue weighted by Gasteiger charge is -2.35. The van der Waals surface area contributed by atoms with Crippen molar-refractivity contribution < 1.29 is 23.5 Å². The minimum Gasteiger partial charge on any atom is -0.465 e. The highest BCUT2D eigenvalue weighted by Crippen LogP contribution is 2.43. The number of hydrogen-bond acceptors (Lipinski definition) is 5. The van der Waals surface area contributed by atoms with Crippen LogP contribution in [0.15, 0.2) is 40.5 Å². The molecule has 0 amide bonds. The zero-order valence-electron chi connectivity index (χ0n) is 18.0. The molecule has 0 N–H and O–H groups in total. The molecule has 29 heavy (non-hydrogen) atoms. The number of rotatable bonds is 7. The van der Waals surface area contributed by atoms with E-state index in [9.17, 15) is 14.0 Å². The zero-order valence-corrected chi connectivity index (χ0v) is 18.0. The van der Waals surface area contributed by atoms with Gasteiger partial charge in [-0.25, -0.2) is 9.18 Å². The Balaban J connectivity index is 2.81. The van der Waals surface area contributed by atoms with Crippen molar-refractivity contribution >= 4 is 17.7 Å². The van der Waals surface area contributed by atoms with E-state index in [1.165, 1.54) is 12.1 Å². The van der Waals surface area contributed by atoms with E-state index in [-0.39, 0.29) is 30.9 Å². The van der Waals surface area contributed by atoms with Gasteiger partial charge in [-0.2, -0.15) is 0 Å². The summed E-state index contributed by atoms with van der Waals surface area (Å²) in [7, 11) is 0. The third-order valence-electron chi connectivity index (χ3n) is 4.89. The number of ether oxygens (including phenoxy) is 2. The summed E-state index contributed by atoms with van der Waals surface area (Å²) in [4.78, 5) is 30.8. The van der Waals surface area contributed by atoms with Crippen LogP contribution in [-0.4, -0.2) is 30.9 Å². The molecular formula is C23H30FNO4. The largest absolute Gasteiger partial charge is 0.465 e. The molecule has 0 aromatic heterocycles. The van der Waals surface area contributed by atoms with Gasteiger partial charge in [-0.15, -0.1) is 0 Å². The highest BCUT2D eigenvalue weighted by atomic mass is 19.1. The van der Waals surface area contributed by atoms with E-state index < -0.39 is 23.8 Å². The Labute approximate surface area is 172 Å². The predicted octanol–water partition coefficient (Wildman–Crippen LogP) is 4.67. The smallest absolute Gasteiger partial charge is 0.336 e. The van der Waals surface area contributed by atoms with Crippen LogP contribution in [0.4, 0.5) is 4.39 Å². The fourth-order valence-corrected chi connectivity index (χ4v) is 3.65. The molecule has 2 rings (SSSR count). The first-order valence-electron chi connectivity index (χ1n) is 10.1. The molecule has 6 heteroatoms. The zero-order chi connectivity index (χ0) is 21.7. The number of esters is 2. The summed E-state index contributed by atoms with van der Waals surface area (Å²) in [5.74, 6) is -2.87. The van der Waals surface area contributed by atoms with Crippen molar-refractivity contribution in [1.29, 1.82) is 0 Å². The second-order valence-electron chi connectivity index (χ2n) is 7.62. The molecule has 2 unspecified atom stereocenters. The second kappa shape index (κ2) is 9.81. The summed E-state index contributed by atoms with van der Waals surface area (Å²) in [5.41, 5.74) is 2.26. The van der Waals surface area contributed by atoms with Gasteiger partial charge in [0.25, 0.3) is 0 Å². The molecule has 1 aliphatic rings. The van der Waals surface area contributed by atoms with Crippen molar-refractivity contribution in [1.82, 2.24) is 0 Å². The third kappa shape index (κ3) is 4.92. The van der Waals surface area contributed by atoms with Crippen LogP contribution < -0.4 is 0 Å². The molecule has 0 saturated heterocycles. The molecule has 1 heterocycles. The Morgan fingerprint density at radius 1 is 1.00 bits per heavy atom. The van der Waals surface area contributed by atoms with Gasteiger partial charge in [-0.05, 0) is 43.4 Å². The number of nitrogens with zero attached hydrogens (tertiary/aromatic N) is 1. The van der Waals surface area contributed by atoms with Crippen LogP contribution in [0.2, 0.25) is 0 Å². The molecule has 0 aliphatic carbocycles. The predicted molar refractivity (Wildman–Crippen MR) is 110 cm³/mol. The summed E-state index contributed by atoms with van der Waals surface area (Å²) < 4.78 is 24.3. The average Bonchev–Trinajstić information content (AvgIpc) is 2.67. The van der Waals surface area contributed by atoms with Crippen molar-refractivity contribution in [3.8, 4) is 0 Å². The molecule has 0 radical (unpaired) electrons. The standard InChI is InChI=1S/C23H30FNO4/c1-7-28-22(26)18-17(15-9-11-16(24)12-10-15)19(23(27)29-8-2)21(14(5)6)25-20(18)13(3)4/h9-14,17-18H,7-8H2,1-6H3. The Morgan fingerprint density at radius 2 is 1.59 bits per heavy atom. The SMILES string of the molecule is CCOC(=O)C1=C(C(C)C)N=C(C(C)C)C(C(=O)OCC)C1c1ccc(F)cc1. The van der Waals surface area contributed by atoms with E-state index in [2.05, 4.69) is 0 Å². The van der Waals surface area contributed by atoms with Gasteiger partial charge in [0.2, 0.25) is 0 Å². The van der Waals surface area contributed by atoms with Gasteiger partial charge in [0.15, 0.2) is 0 Å². The molecule has 0 saturated carbocycles. The maximum atomic E-state index is 13.6. The number of allylic oxidation sites excluding steroid dienone is 1. The lowest BCUT2D eigenvalue weighted by molar-refractivity contribution is -0.146. The number of hydrogen-bond donors (Lipinski definition) is 0. The number of carbonyl (C=O) groups excluding carboxylic acids is 2. The van der Waals surface area contributed by atoms with E-state index >= 15 is 0 Å². The Kier molecular flexibility index (Phi) is 7.71. The van der Waals surface area contributed by atoms with Crippen LogP contribution in [0.25, 0.3) is 0 Å². The molecule has 1 aromatic carbocycles. The molecule has 0 fully saturated rings. The molecule has 0 spiro atoms. The number of carbonyl (C=O) groups is 2. The first-order valence-corrected chi connectivity index (χ1v) is 10.1. The van der Waals surface area contributed by atoms with Crippen LogP contribution in [0.1, 0.15) is 53.0 Å². The first-order chi connectivity index (χ1) is 13.7. The van der Waals surface area contributed by atoms with Gasteiger partial charge < -0.3 is 9.47 Å². The van der Waals surface area contributed by atoms with Crippen LogP contribution >= 0.6 is 0 Å². The third-order valence-corrected chi connectivity index (χ3v) is 4.89. The van der Waals surface area contributed by atoms with E-state index in [1.807, 2.05) is 27.7 Å². The highest BCUT2D eigenvalue weighted by Gasteiger charge is 2.45. The maximum Gasteiger partial charge on any atom is 0.336 e. The van der Waals surface area contributed by atoms with E-state index in [1.54, 1.807) is 26.0 Å². The Bertz CT molecular complexity index is 809. The van der Waals surface area contributed by atoms with Crippen molar-refractivity contribution in [2.75, 3.05) is 13.2 Å². The van der Waals surface area contributed by atoms with Crippen LogP contribution in [0, 0.1) is 23.6 Å². The molecule has 158 valence electrons.